The fraction of sp³-hybridized carbons (Fsp3) is 0.542. The molecule has 0 heterocycles. The van der Waals surface area contributed by atoms with Crippen LogP contribution < -0.4 is 0 Å². The van der Waals surface area contributed by atoms with Gasteiger partial charge in [-0.1, -0.05) is 94.0 Å². The number of hydrogen-bond acceptors (Lipinski definition) is 1. The number of benzene rings is 1. The molecule has 132 valence electrons. The molecule has 1 unspecified atom stereocenters. The molecular formula is C24H31N. The monoisotopic (exact) mass is 333 g/mol. The van der Waals surface area contributed by atoms with Crippen molar-refractivity contribution in [2.45, 2.75) is 64.7 Å². The standard InChI is InChI=1S/C24H31N/c1-2-3-5-8-20-11-13-23(14-12-20)24(19-25)17-15-22(16-18-24)21-9-6-4-7-10-21/h4,6-7,9-10,15-17,20,23H,2-3,5,8,11-14,18H2,1H3/t20-,23-,24?. The third kappa shape index (κ3) is 4.24. The maximum absolute atomic E-state index is 9.96. The van der Waals surface area contributed by atoms with Gasteiger partial charge in [0.1, 0.15) is 0 Å². The topological polar surface area (TPSA) is 23.8 Å². The molecule has 1 heteroatoms. The van der Waals surface area contributed by atoms with Crippen LogP contribution in [0.3, 0.4) is 0 Å². The Morgan fingerprint density at radius 2 is 1.84 bits per heavy atom. The Labute approximate surface area is 153 Å². The Bertz CT molecular complexity index is 640. The third-order valence-corrected chi connectivity index (χ3v) is 6.33. The molecule has 0 amide bonds. The molecule has 2 aliphatic carbocycles. The highest BCUT2D eigenvalue weighted by molar-refractivity contribution is 5.75. The van der Waals surface area contributed by atoms with Gasteiger partial charge in [-0.3, -0.25) is 0 Å². The number of unbranched alkanes of at least 4 members (excludes halogenated alkanes) is 2. The van der Waals surface area contributed by atoms with Crippen LogP contribution >= 0.6 is 0 Å². The summed E-state index contributed by atoms with van der Waals surface area (Å²) < 4.78 is 0. The van der Waals surface area contributed by atoms with Crippen LogP contribution in [0, 0.1) is 28.6 Å². The third-order valence-electron chi connectivity index (χ3n) is 6.33. The second-order valence-electron chi connectivity index (χ2n) is 7.93. The average molecular weight is 334 g/mol. The lowest BCUT2D eigenvalue weighted by Crippen LogP contribution is -2.31. The summed E-state index contributed by atoms with van der Waals surface area (Å²) in [7, 11) is 0. The minimum absolute atomic E-state index is 0.271. The van der Waals surface area contributed by atoms with E-state index in [0.717, 1.165) is 12.3 Å². The highest BCUT2D eigenvalue weighted by atomic mass is 14.4. The van der Waals surface area contributed by atoms with E-state index in [9.17, 15) is 5.26 Å². The van der Waals surface area contributed by atoms with Gasteiger partial charge in [0, 0.05) is 0 Å². The summed E-state index contributed by atoms with van der Waals surface area (Å²) in [5.74, 6) is 1.44. The van der Waals surface area contributed by atoms with Crippen molar-refractivity contribution in [2.24, 2.45) is 17.3 Å². The Morgan fingerprint density at radius 1 is 1.08 bits per heavy atom. The molecule has 0 bridgehead atoms. The highest BCUT2D eigenvalue weighted by Gasteiger charge is 2.39. The van der Waals surface area contributed by atoms with Gasteiger partial charge in [-0.05, 0) is 42.2 Å². The smallest absolute Gasteiger partial charge is 0.0819 e. The number of hydrogen-bond donors (Lipinski definition) is 0. The van der Waals surface area contributed by atoms with Gasteiger partial charge < -0.3 is 0 Å². The molecule has 0 aliphatic heterocycles. The minimum Gasteiger partial charge on any atom is -0.197 e. The van der Waals surface area contributed by atoms with Gasteiger partial charge in [-0.2, -0.15) is 5.26 Å². The molecule has 2 aliphatic rings. The van der Waals surface area contributed by atoms with E-state index >= 15 is 0 Å². The van der Waals surface area contributed by atoms with Gasteiger partial charge in [0.2, 0.25) is 0 Å². The first-order valence-electron chi connectivity index (χ1n) is 10.1. The molecular weight excluding hydrogens is 302 g/mol. The van der Waals surface area contributed by atoms with Crippen molar-refractivity contribution in [3.8, 4) is 6.07 Å². The maximum Gasteiger partial charge on any atom is 0.0819 e. The average Bonchev–Trinajstić information content (AvgIpc) is 2.69. The minimum atomic E-state index is -0.271. The summed E-state index contributed by atoms with van der Waals surface area (Å²) >= 11 is 0. The molecule has 1 atom stereocenters. The van der Waals surface area contributed by atoms with Gasteiger partial charge in [0.25, 0.3) is 0 Å². The van der Waals surface area contributed by atoms with Crippen molar-refractivity contribution in [3.63, 3.8) is 0 Å². The van der Waals surface area contributed by atoms with Crippen molar-refractivity contribution in [3.05, 3.63) is 54.1 Å². The first-order chi connectivity index (χ1) is 12.3. The van der Waals surface area contributed by atoms with Crippen molar-refractivity contribution in [1.29, 1.82) is 5.26 Å². The van der Waals surface area contributed by atoms with Gasteiger partial charge in [-0.25, -0.2) is 0 Å². The van der Waals surface area contributed by atoms with Crippen molar-refractivity contribution in [2.75, 3.05) is 0 Å². The van der Waals surface area contributed by atoms with E-state index in [1.54, 1.807) is 0 Å². The van der Waals surface area contributed by atoms with E-state index < -0.39 is 0 Å². The Balaban J connectivity index is 1.60. The molecule has 1 aromatic rings. The van der Waals surface area contributed by atoms with E-state index in [-0.39, 0.29) is 5.41 Å². The largest absolute Gasteiger partial charge is 0.197 e. The Morgan fingerprint density at radius 3 is 2.44 bits per heavy atom. The second-order valence-corrected chi connectivity index (χ2v) is 7.93. The van der Waals surface area contributed by atoms with E-state index in [2.05, 4.69) is 61.6 Å². The molecule has 0 radical (unpaired) electrons. The van der Waals surface area contributed by atoms with Crippen LogP contribution in [0.5, 0.6) is 0 Å². The normalized spacial score (nSPS) is 29.0. The Kier molecular flexibility index (Phi) is 6.14. The van der Waals surface area contributed by atoms with Crippen LogP contribution in [0.15, 0.2) is 48.6 Å². The summed E-state index contributed by atoms with van der Waals surface area (Å²) in [6.07, 6.45) is 18.1. The number of rotatable bonds is 6. The molecule has 1 nitrogen and oxygen atoms in total. The molecule has 1 aromatic carbocycles. The SMILES string of the molecule is CCCCC[C@H]1CC[C@H](C2(C#N)C=CC(c3ccccc3)=CC2)CC1. The van der Waals surface area contributed by atoms with E-state index in [0.29, 0.717) is 5.92 Å². The van der Waals surface area contributed by atoms with Crippen molar-refractivity contribution < 1.29 is 0 Å². The van der Waals surface area contributed by atoms with E-state index in [1.807, 2.05) is 0 Å². The molecule has 0 N–H and O–H groups in total. The van der Waals surface area contributed by atoms with Crippen molar-refractivity contribution in [1.82, 2.24) is 0 Å². The molecule has 1 fully saturated rings. The highest BCUT2D eigenvalue weighted by Crippen LogP contribution is 2.47. The molecule has 3 rings (SSSR count). The lowest BCUT2D eigenvalue weighted by Gasteiger charge is -2.38. The molecule has 0 saturated heterocycles. The molecule has 25 heavy (non-hydrogen) atoms. The number of allylic oxidation sites excluding steroid dienone is 4. The molecule has 0 aromatic heterocycles. The second kappa shape index (κ2) is 8.52. The van der Waals surface area contributed by atoms with Crippen LogP contribution in [0.25, 0.3) is 5.57 Å². The van der Waals surface area contributed by atoms with Crippen LogP contribution in [0.4, 0.5) is 0 Å². The lowest BCUT2D eigenvalue weighted by atomic mass is 9.64. The summed E-state index contributed by atoms with van der Waals surface area (Å²) in [4.78, 5) is 0. The summed E-state index contributed by atoms with van der Waals surface area (Å²) in [5, 5.41) is 9.96. The molecule has 0 spiro atoms. The zero-order chi connectivity index (χ0) is 17.5. The fourth-order valence-electron chi connectivity index (χ4n) is 4.62. The predicted molar refractivity (Wildman–Crippen MR) is 106 cm³/mol. The summed E-state index contributed by atoms with van der Waals surface area (Å²) in [6, 6.07) is 13.2. The predicted octanol–water partition coefficient (Wildman–Crippen LogP) is 6.93. The van der Waals surface area contributed by atoms with E-state index in [4.69, 9.17) is 0 Å². The quantitative estimate of drug-likeness (QED) is 0.518. The van der Waals surface area contributed by atoms with Crippen molar-refractivity contribution >= 4 is 5.57 Å². The molecule has 1 saturated carbocycles. The van der Waals surface area contributed by atoms with Crippen LogP contribution in [0.1, 0.15) is 70.3 Å². The van der Waals surface area contributed by atoms with Gasteiger partial charge >= 0.3 is 0 Å². The van der Waals surface area contributed by atoms with E-state index in [1.165, 1.54) is 62.5 Å². The summed E-state index contributed by atoms with van der Waals surface area (Å²) in [6.45, 7) is 2.28. The van der Waals surface area contributed by atoms with Gasteiger partial charge in [-0.15, -0.1) is 0 Å². The lowest BCUT2D eigenvalue weighted by molar-refractivity contribution is 0.180. The van der Waals surface area contributed by atoms with Crippen LogP contribution in [0.2, 0.25) is 0 Å². The van der Waals surface area contributed by atoms with Crippen LogP contribution in [-0.2, 0) is 0 Å². The first kappa shape index (κ1) is 18.0. The number of nitrogens with zero attached hydrogens (tertiary/aromatic N) is 1. The van der Waals surface area contributed by atoms with Gasteiger partial charge in [0.05, 0.1) is 11.5 Å². The van der Waals surface area contributed by atoms with Crippen LogP contribution in [-0.4, -0.2) is 0 Å². The summed E-state index contributed by atoms with van der Waals surface area (Å²) in [5.41, 5.74) is 2.25. The fourth-order valence-corrected chi connectivity index (χ4v) is 4.62. The zero-order valence-corrected chi connectivity index (χ0v) is 15.6. The maximum atomic E-state index is 9.96. The zero-order valence-electron chi connectivity index (χ0n) is 15.6. The Hall–Kier alpha value is -1.81. The van der Waals surface area contributed by atoms with Gasteiger partial charge in [0.15, 0.2) is 0 Å². The first-order valence-corrected chi connectivity index (χ1v) is 10.1. The number of nitriles is 1.